The maximum Gasteiger partial charge on any atom is 0.305 e. The fourth-order valence-electron chi connectivity index (χ4n) is 2.70. The highest BCUT2D eigenvalue weighted by Gasteiger charge is 2.35. The third-order valence-electron chi connectivity index (χ3n) is 3.75. The summed E-state index contributed by atoms with van der Waals surface area (Å²) in [6.07, 6.45) is 2.95. The highest BCUT2D eigenvalue weighted by molar-refractivity contribution is 5.80. The third kappa shape index (κ3) is 3.70. The van der Waals surface area contributed by atoms with Gasteiger partial charge >= 0.3 is 5.97 Å². The smallest absolute Gasteiger partial charge is 0.305 e. The second kappa shape index (κ2) is 6.73. The number of hydrogen-bond donors (Lipinski definition) is 2. The van der Waals surface area contributed by atoms with Gasteiger partial charge in [0.1, 0.15) is 0 Å². The van der Waals surface area contributed by atoms with Crippen LogP contribution in [0.15, 0.2) is 0 Å². The molecule has 1 amide bonds. The number of carbonyl (C=O) groups is 2. The number of carboxylic acid groups (broad SMARTS) is 1. The van der Waals surface area contributed by atoms with E-state index in [2.05, 4.69) is 0 Å². The normalized spacial score (nSPS) is 23.3. The molecule has 18 heavy (non-hydrogen) atoms. The molecule has 5 heteroatoms. The minimum Gasteiger partial charge on any atom is -0.481 e. The van der Waals surface area contributed by atoms with Crippen molar-refractivity contribution >= 4 is 11.9 Å². The van der Waals surface area contributed by atoms with E-state index in [0.717, 1.165) is 19.3 Å². The van der Waals surface area contributed by atoms with E-state index >= 15 is 0 Å². The Balaban J connectivity index is 2.66. The number of hydrogen-bond acceptors (Lipinski definition) is 3. The highest BCUT2D eigenvalue weighted by Crippen LogP contribution is 2.32. The van der Waals surface area contributed by atoms with E-state index in [0.29, 0.717) is 13.1 Å². The van der Waals surface area contributed by atoms with Gasteiger partial charge in [0, 0.05) is 18.5 Å². The van der Waals surface area contributed by atoms with Crippen LogP contribution < -0.4 is 5.73 Å². The quantitative estimate of drug-likeness (QED) is 0.744. The van der Waals surface area contributed by atoms with Crippen LogP contribution in [-0.4, -0.2) is 41.0 Å². The van der Waals surface area contributed by atoms with Crippen molar-refractivity contribution in [2.45, 2.75) is 45.6 Å². The number of aliphatic carboxylic acids is 1. The molecule has 5 nitrogen and oxygen atoms in total. The largest absolute Gasteiger partial charge is 0.481 e. The third-order valence-corrected chi connectivity index (χ3v) is 3.75. The van der Waals surface area contributed by atoms with Gasteiger partial charge in [0.25, 0.3) is 0 Å². The molecule has 0 radical (unpaired) electrons. The topological polar surface area (TPSA) is 83.6 Å². The van der Waals surface area contributed by atoms with E-state index in [9.17, 15) is 9.59 Å². The van der Waals surface area contributed by atoms with Crippen molar-refractivity contribution in [2.75, 3.05) is 13.1 Å². The first-order valence-corrected chi connectivity index (χ1v) is 6.69. The predicted octanol–water partition coefficient (Wildman–Crippen LogP) is 1.07. The molecule has 0 aromatic heterocycles. The predicted molar refractivity (Wildman–Crippen MR) is 69.0 cm³/mol. The van der Waals surface area contributed by atoms with Crippen molar-refractivity contribution in [1.29, 1.82) is 0 Å². The van der Waals surface area contributed by atoms with Gasteiger partial charge < -0.3 is 15.7 Å². The Morgan fingerprint density at radius 2 is 2.06 bits per heavy atom. The minimum atomic E-state index is -0.866. The lowest BCUT2D eigenvalue weighted by Crippen LogP contribution is -2.43. The van der Waals surface area contributed by atoms with Gasteiger partial charge in [-0.25, -0.2) is 0 Å². The van der Waals surface area contributed by atoms with Gasteiger partial charge in [0.15, 0.2) is 0 Å². The van der Waals surface area contributed by atoms with Gasteiger partial charge in [0.05, 0.1) is 6.42 Å². The van der Waals surface area contributed by atoms with E-state index in [4.69, 9.17) is 10.8 Å². The molecule has 2 atom stereocenters. The van der Waals surface area contributed by atoms with Crippen LogP contribution in [-0.2, 0) is 9.59 Å². The Hall–Kier alpha value is -1.10. The molecule has 0 aromatic rings. The molecule has 0 spiro atoms. The van der Waals surface area contributed by atoms with Crippen LogP contribution in [0.4, 0.5) is 0 Å². The Bertz CT molecular complexity index is 305. The molecule has 104 valence electrons. The maximum absolute atomic E-state index is 12.4. The molecule has 1 rings (SSSR count). The summed E-state index contributed by atoms with van der Waals surface area (Å²) in [5.41, 5.74) is 5.70. The molecule has 0 saturated heterocycles. The molecular formula is C13H24N2O3. The molecule has 0 aromatic carbocycles. The number of rotatable bonds is 6. The Labute approximate surface area is 108 Å². The first-order valence-electron chi connectivity index (χ1n) is 6.69. The first kappa shape index (κ1) is 15.0. The van der Waals surface area contributed by atoms with Crippen LogP contribution in [0.25, 0.3) is 0 Å². The summed E-state index contributed by atoms with van der Waals surface area (Å²) in [5.74, 6) is -0.524. The van der Waals surface area contributed by atoms with E-state index in [1.165, 1.54) is 0 Å². The van der Waals surface area contributed by atoms with E-state index in [1.807, 2.05) is 13.8 Å². The first-order chi connectivity index (χ1) is 8.47. The van der Waals surface area contributed by atoms with Crippen LogP contribution in [0.1, 0.15) is 39.5 Å². The van der Waals surface area contributed by atoms with Crippen LogP contribution in [0.3, 0.4) is 0 Å². The number of carbonyl (C=O) groups excluding carboxylic acids is 1. The Morgan fingerprint density at radius 3 is 2.56 bits per heavy atom. The molecule has 1 saturated carbocycles. The molecule has 1 aliphatic rings. The van der Waals surface area contributed by atoms with Gasteiger partial charge in [-0.1, -0.05) is 6.42 Å². The molecule has 0 aliphatic heterocycles. The fourth-order valence-corrected chi connectivity index (χ4v) is 2.70. The summed E-state index contributed by atoms with van der Waals surface area (Å²) in [6, 6.07) is 0.0378. The van der Waals surface area contributed by atoms with Gasteiger partial charge in [0.2, 0.25) is 5.91 Å². The average Bonchev–Trinajstić information content (AvgIpc) is 2.75. The van der Waals surface area contributed by atoms with Crippen molar-refractivity contribution in [1.82, 2.24) is 4.90 Å². The van der Waals surface area contributed by atoms with Crippen LogP contribution in [0.5, 0.6) is 0 Å². The number of nitrogens with two attached hydrogens (primary N) is 1. The minimum absolute atomic E-state index is 0.00390. The zero-order chi connectivity index (χ0) is 13.7. The van der Waals surface area contributed by atoms with Crippen molar-refractivity contribution in [2.24, 2.45) is 17.6 Å². The molecule has 0 heterocycles. The molecule has 2 unspecified atom stereocenters. The number of nitrogens with zero attached hydrogens (tertiary/aromatic N) is 1. The van der Waals surface area contributed by atoms with Crippen molar-refractivity contribution in [3.63, 3.8) is 0 Å². The van der Waals surface area contributed by atoms with Crippen LogP contribution in [0, 0.1) is 11.8 Å². The summed E-state index contributed by atoms with van der Waals surface area (Å²) in [6.45, 7) is 4.68. The number of carboxylic acids is 1. The SMILES string of the molecule is CC(C)N(CCC(=O)O)C(=O)C1CCCC1CN. The zero-order valence-electron chi connectivity index (χ0n) is 11.3. The number of amides is 1. The average molecular weight is 256 g/mol. The standard InChI is InChI=1S/C13H24N2O3/c1-9(2)15(7-6-12(16)17)13(18)11-5-3-4-10(11)8-14/h9-11H,3-8,14H2,1-2H3,(H,16,17). The van der Waals surface area contributed by atoms with Gasteiger partial charge in [-0.15, -0.1) is 0 Å². The monoisotopic (exact) mass is 256 g/mol. The summed E-state index contributed by atoms with van der Waals surface area (Å²) in [4.78, 5) is 24.8. The lowest BCUT2D eigenvalue weighted by Gasteiger charge is -2.30. The summed E-state index contributed by atoms with van der Waals surface area (Å²) < 4.78 is 0. The molecule has 1 fully saturated rings. The molecule has 0 bridgehead atoms. The van der Waals surface area contributed by atoms with Crippen LogP contribution >= 0.6 is 0 Å². The maximum atomic E-state index is 12.4. The molecule has 1 aliphatic carbocycles. The molecular weight excluding hydrogens is 232 g/mol. The van der Waals surface area contributed by atoms with Crippen LogP contribution in [0.2, 0.25) is 0 Å². The lowest BCUT2D eigenvalue weighted by atomic mass is 9.94. The van der Waals surface area contributed by atoms with E-state index in [-0.39, 0.29) is 30.2 Å². The van der Waals surface area contributed by atoms with E-state index < -0.39 is 5.97 Å². The summed E-state index contributed by atoms with van der Waals surface area (Å²) >= 11 is 0. The van der Waals surface area contributed by atoms with Crippen molar-refractivity contribution < 1.29 is 14.7 Å². The summed E-state index contributed by atoms with van der Waals surface area (Å²) in [5, 5.41) is 8.73. The lowest BCUT2D eigenvalue weighted by molar-refractivity contribution is -0.141. The van der Waals surface area contributed by atoms with Crippen molar-refractivity contribution in [3.05, 3.63) is 0 Å². The van der Waals surface area contributed by atoms with Crippen molar-refractivity contribution in [3.8, 4) is 0 Å². The Morgan fingerprint density at radius 1 is 1.39 bits per heavy atom. The second-order valence-electron chi connectivity index (χ2n) is 5.30. The van der Waals surface area contributed by atoms with Gasteiger partial charge in [-0.05, 0) is 39.2 Å². The molecule has 3 N–H and O–H groups in total. The fraction of sp³-hybridized carbons (Fsp3) is 0.846. The second-order valence-corrected chi connectivity index (χ2v) is 5.30. The van der Waals surface area contributed by atoms with Gasteiger partial charge in [-0.3, -0.25) is 9.59 Å². The Kier molecular flexibility index (Phi) is 5.59. The summed E-state index contributed by atoms with van der Waals surface area (Å²) in [7, 11) is 0. The van der Waals surface area contributed by atoms with E-state index in [1.54, 1.807) is 4.90 Å². The van der Waals surface area contributed by atoms with Gasteiger partial charge in [-0.2, -0.15) is 0 Å². The highest BCUT2D eigenvalue weighted by atomic mass is 16.4. The zero-order valence-corrected chi connectivity index (χ0v) is 11.3.